The first kappa shape index (κ1) is 22.2. The second-order valence-corrected chi connectivity index (χ2v) is 10.1. The molecule has 0 bridgehead atoms. The van der Waals surface area contributed by atoms with E-state index >= 15 is 0 Å². The molecule has 34 heavy (non-hydrogen) atoms. The van der Waals surface area contributed by atoms with E-state index < -0.39 is 22.4 Å². The average molecular weight is 483 g/mol. The van der Waals surface area contributed by atoms with Crippen LogP contribution in [0.3, 0.4) is 0 Å². The van der Waals surface area contributed by atoms with Gasteiger partial charge >= 0.3 is 0 Å². The lowest BCUT2D eigenvalue weighted by Gasteiger charge is -2.29. The van der Waals surface area contributed by atoms with Crippen LogP contribution in [-0.2, 0) is 21.2 Å². The predicted octanol–water partition coefficient (Wildman–Crippen LogP) is 3.77. The van der Waals surface area contributed by atoms with Crippen molar-refractivity contribution in [2.24, 2.45) is 0 Å². The third-order valence-corrected chi connectivity index (χ3v) is 7.74. The second kappa shape index (κ2) is 8.64. The summed E-state index contributed by atoms with van der Waals surface area (Å²) in [7, 11) is -4.19. The summed E-state index contributed by atoms with van der Waals surface area (Å²) >= 11 is 0. The van der Waals surface area contributed by atoms with Crippen molar-refractivity contribution in [2.75, 3.05) is 29.0 Å². The smallest absolute Gasteiger partial charge is 0.264 e. The monoisotopic (exact) mass is 482 g/mol. The highest BCUT2D eigenvalue weighted by atomic mass is 32.2. The molecule has 0 N–H and O–H groups in total. The number of hydrogen-bond acceptors (Lipinski definition) is 5. The van der Waals surface area contributed by atoms with E-state index in [0.717, 1.165) is 15.6 Å². The third-order valence-electron chi connectivity index (χ3n) is 5.97. The van der Waals surface area contributed by atoms with Gasteiger partial charge in [-0.2, -0.15) is 0 Å². The largest absolute Gasteiger partial charge is 0.486 e. The number of ether oxygens (including phenoxy) is 2. The molecule has 2 aliphatic rings. The predicted molar refractivity (Wildman–Crippen MR) is 125 cm³/mol. The first-order chi connectivity index (χ1) is 16.3. The Balaban J connectivity index is 1.53. The van der Waals surface area contributed by atoms with E-state index in [9.17, 15) is 17.6 Å². The Labute approximate surface area is 197 Å². The number of fused-ring (bicyclic) bond motifs is 2. The SMILES string of the molecule is C[C@H]1Cc2ccccc2N1C(=O)CN(c1ccc(F)cc1)S(=O)(=O)c1ccc2c(c1)OCCO2. The van der Waals surface area contributed by atoms with Crippen LogP contribution in [-0.4, -0.2) is 40.1 Å². The number of sulfonamides is 1. The Hall–Kier alpha value is -3.59. The van der Waals surface area contributed by atoms with Gasteiger partial charge in [0.2, 0.25) is 5.91 Å². The van der Waals surface area contributed by atoms with Crippen LogP contribution < -0.4 is 18.7 Å². The molecule has 0 saturated heterocycles. The number of nitrogens with zero attached hydrogens (tertiary/aromatic N) is 2. The molecular weight excluding hydrogens is 459 g/mol. The number of hydrogen-bond donors (Lipinski definition) is 0. The van der Waals surface area contributed by atoms with E-state index in [1.54, 1.807) is 4.90 Å². The molecule has 0 aliphatic carbocycles. The highest BCUT2D eigenvalue weighted by Gasteiger charge is 2.35. The van der Waals surface area contributed by atoms with E-state index in [1.165, 1.54) is 42.5 Å². The molecule has 0 unspecified atom stereocenters. The summed E-state index contributed by atoms with van der Waals surface area (Å²) < 4.78 is 53.1. The normalized spacial score (nSPS) is 16.8. The number of amides is 1. The average Bonchev–Trinajstić information content (AvgIpc) is 3.18. The lowest BCUT2D eigenvalue weighted by atomic mass is 10.1. The van der Waals surface area contributed by atoms with E-state index in [0.29, 0.717) is 31.1 Å². The van der Waals surface area contributed by atoms with E-state index in [4.69, 9.17) is 9.47 Å². The summed E-state index contributed by atoms with van der Waals surface area (Å²) in [6.45, 7) is 2.17. The summed E-state index contributed by atoms with van der Waals surface area (Å²) in [5.41, 5.74) is 1.99. The lowest BCUT2D eigenvalue weighted by Crippen LogP contribution is -2.45. The first-order valence-corrected chi connectivity index (χ1v) is 12.4. The van der Waals surface area contributed by atoms with Gasteiger partial charge < -0.3 is 14.4 Å². The molecule has 176 valence electrons. The minimum atomic E-state index is -4.19. The Morgan fingerprint density at radius 2 is 1.74 bits per heavy atom. The number of carbonyl (C=O) groups excluding carboxylic acids is 1. The van der Waals surface area contributed by atoms with E-state index in [2.05, 4.69) is 0 Å². The van der Waals surface area contributed by atoms with Crippen LogP contribution in [0, 0.1) is 5.82 Å². The standard InChI is InChI=1S/C25H23FN2O5S/c1-17-14-18-4-2-3-5-22(18)28(17)25(29)16-27(20-8-6-19(26)7-9-20)34(30,31)21-10-11-23-24(15-21)33-13-12-32-23/h2-11,15,17H,12-14,16H2,1H3/t17-/m0/s1. The molecule has 3 aromatic rings. The molecule has 2 heterocycles. The number of carbonyl (C=O) groups is 1. The van der Waals surface area contributed by atoms with Crippen molar-refractivity contribution in [3.63, 3.8) is 0 Å². The maximum absolute atomic E-state index is 13.7. The topological polar surface area (TPSA) is 76.2 Å². The molecule has 0 radical (unpaired) electrons. The van der Waals surface area contributed by atoms with Crippen LogP contribution in [0.1, 0.15) is 12.5 Å². The zero-order chi connectivity index (χ0) is 23.9. The van der Waals surface area contributed by atoms with Gasteiger partial charge in [0, 0.05) is 17.8 Å². The Morgan fingerprint density at radius 1 is 1.03 bits per heavy atom. The van der Waals surface area contributed by atoms with Gasteiger partial charge in [0.1, 0.15) is 25.6 Å². The Morgan fingerprint density at radius 3 is 2.50 bits per heavy atom. The van der Waals surface area contributed by atoms with Gasteiger partial charge in [-0.25, -0.2) is 12.8 Å². The fourth-order valence-corrected chi connectivity index (χ4v) is 5.81. The molecule has 0 spiro atoms. The molecule has 0 aromatic heterocycles. The number of benzene rings is 3. The summed E-state index contributed by atoms with van der Waals surface area (Å²) in [6, 6.07) is 16.8. The molecular formula is C25H23FN2O5S. The van der Waals surface area contributed by atoms with Crippen molar-refractivity contribution in [1.82, 2.24) is 0 Å². The number of para-hydroxylation sites is 1. The zero-order valence-corrected chi connectivity index (χ0v) is 19.3. The van der Waals surface area contributed by atoms with Gasteiger partial charge in [0.05, 0.1) is 10.6 Å². The van der Waals surface area contributed by atoms with Crippen molar-refractivity contribution in [3.8, 4) is 11.5 Å². The first-order valence-electron chi connectivity index (χ1n) is 10.9. The van der Waals surface area contributed by atoms with Crippen LogP contribution in [0.5, 0.6) is 11.5 Å². The molecule has 1 amide bonds. The maximum atomic E-state index is 13.7. The Bertz CT molecular complexity index is 1340. The van der Waals surface area contributed by atoms with Gasteiger partial charge in [0.15, 0.2) is 11.5 Å². The van der Waals surface area contributed by atoms with Gasteiger partial charge in [-0.3, -0.25) is 9.10 Å². The summed E-state index contributed by atoms with van der Waals surface area (Å²) in [4.78, 5) is 15.1. The molecule has 9 heteroatoms. The summed E-state index contributed by atoms with van der Waals surface area (Å²) in [5, 5.41) is 0. The minimum absolute atomic E-state index is 0.0521. The molecule has 0 saturated carbocycles. The van der Waals surface area contributed by atoms with Gasteiger partial charge in [0.25, 0.3) is 10.0 Å². The van der Waals surface area contributed by atoms with Gasteiger partial charge in [-0.1, -0.05) is 18.2 Å². The molecule has 3 aromatic carbocycles. The molecule has 0 fully saturated rings. The van der Waals surface area contributed by atoms with E-state index in [-0.39, 0.29) is 22.5 Å². The second-order valence-electron chi connectivity index (χ2n) is 8.24. The fraction of sp³-hybridized carbons (Fsp3) is 0.240. The van der Waals surface area contributed by atoms with Crippen LogP contribution in [0.2, 0.25) is 0 Å². The molecule has 1 atom stereocenters. The molecule has 5 rings (SSSR count). The Kier molecular flexibility index (Phi) is 5.65. The number of halogens is 1. The quantitative estimate of drug-likeness (QED) is 0.554. The summed E-state index contributed by atoms with van der Waals surface area (Å²) in [5.74, 6) is -0.103. The van der Waals surface area contributed by atoms with Crippen LogP contribution in [0.4, 0.5) is 15.8 Å². The summed E-state index contributed by atoms with van der Waals surface area (Å²) in [6.07, 6.45) is 0.688. The van der Waals surface area contributed by atoms with Crippen molar-refractivity contribution in [1.29, 1.82) is 0 Å². The minimum Gasteiger partial charge on any atom is -0.486 e. The van der Waals surface area contributed by atoms with Crippen LogP contribution in [0.25, 0.3) is 0 Å². The molecule has 7 nitrogen and oxygen atoms in total. The van der Waals surface area contributed by atoms with Crippen LogP contribution >= 0.6 is 0 Å². The number of anilines is 2. The zero-order valence-electron chi connectivity index (χ0n) is 18.5. The fourth-order valence-electron chi connectivity index (χ4n) is 4.38. The van der Waals surface area contributed by atoms with Crippen molar-refractivity contribution in [2.45, 2.75) is 24.3 Å². The van der Waals surface area contributed by atoms with Crippen molar-refractivity contribution >= 4 is 27.3 Å². The maximum Gasteiger partial charge on any atom is 0.264 e. The van der Waals surface area contributed by atoms with Gasteiger partial charge in [-0.05, 0) is 61.4 Å². The lowest BCUT2D eigenvalue weighted by molar-refractivity contribution is -0.117. The molecule has 2 aliphatic heterocycles. The number of rotatable bonds is 5. The third kappa shape index (κ3) is 3.96. The highest BCUT2D eigenvalue weighted by molar-refractivity contribution is 7.92. The van der Waals surface area contributed by atoms with E-state index in [1.807, 2.05) is 31.2 Å². The van der Waals surface area contributed by atoms with Crippen molar-refractivity contribution in [3.05, 3.63) is 78.1 Å². The van der Waals surface area contributed by atoms with Crippen molar-refractivity contribution < 1.29 is 27.1 Å². The van der Waals surface area contributed by atoms with Gasteiger partial charge in [-0.15, -0.1) is 0 Å². The highest BCUT2D eigenvalue weighted by Crippen LogP contribution is 2.35. The van der Waals surface area contributed by atoms with Crippen LogP contribution in [0.15, 0.2) is 71.6 Å².